The van der Waals surface area contributed by atoms with Crippen LogP contribution < -0.4 is 0 Å². The van der Waals surface area contributed by atoms with E-state index in [2.05, 4.69) is 0 Å². The quantitative estimate of drug-likeness (QED) is 0.654. The van der Waals surface area contributed by atoms with Gasteiger partial charge in [-0.15, -0.1) is 0 Å². The molecule has 0 aromatic heterocycles. The molecule has 7 nitrogen and oxygen atoms in total. The third-order valence-corrected chi connectivity index (χ3v) is 7.56. The molecule has 0 radical (unpaired) electrons. The van der Waals surface area contributed by atoms with Crippen LogP contribution in [0.25, 0.3) is 0 Å². The van der Waals surface area contributed by atoms with Gasteiger partial charge in [0.1, 0.15) is 18.0 Å². The van der Waals surface area contributed by atoms with Crippen molar-refractivity contribution in [1.29, 1.82) is 0 Å². The van der Waals surface area contributed by atoms with E-state index >= 15 is 0 Å². The molecule has 160 valence electrons. The van der Waals surface area contributed by atoms with Gasteiger partial charge in [-0.05, 0) is 25.7 Å². The van der Waals surface area contributed by atoms with E-state index in [1.807, 2.05) is 18.7 Å². The van der Waals surface area contributed by atoms with E-state index < -0.39 is 30.1 Å². The number of hydrogen-bond donors (Lipinski definition) is 0. The van der Waals surface area contributed by atoms with Crippen molar-refractivity contribution in [3.8, 4) is 0 Å². The highest BCUT2D eigenvalue weighted by atomic mass is 16.6. The molecular weight excluding hydrogens is 374 g/mol. The molecule has 4 rings (SSSR count). The molecule has 7 heteroatoms. The van der Waals surface area contributed by atoms with Gasteiger partial charge in [0.05, 0.1) is 23.8 Å². The first-order valence-corrected chi connectivity index (χ1v) is 11.1. The van der Waals surface area contributed by atoms with Crippen molar-refractivity contribution in [1.82, 2.24) is 4.90 Å². The van der Waals surface area contributed by atoms with Gasteiger partial charge >= 0.3 is 11.9 Å². The highest BCUT2D eigenvalue weighted by Crippen LogP contribution is 2.43. The van der Waals surface area contributed by atoms with Gasteiger partial charge in [-0.25, -0.2) is 0 Å². The van der Waals surface area contributed by atoms with Crippen molar-refractivity contribution >= 4 is 23.6 Å². The van der Waals surface area contributed by atoms with Crippen molar-refractivity contribution in [2.75, 3.05) is 6.54 Å². The second-order valence-corrected chi connectivity index (χ2v) is 9.27. The fraction of sp³-hybridized carbons (Fsp3) is 0.818. The monoisotopic (exact) mass is 405 g/mol. The number of carbonyl (C=O) groups is 4. The predicted octanol–water partition coefficient (Wildman–Crippen LogP) is 2.11. The third kappa shape index (κ3) is 3.36. The minimum atomic E-state index is -0.535. The number of ether oxygens (including phenoxy) is 2. The normalized spacial score (nSPS) is 43.1. The number of ketones is 1. The van der Waals surface area contributed by atoms with E-state index in [9.17, 15) is 19.2 Å². The Morgan fingerprint density at radius 3 is 2.45 bits per heavy atom. The van der Waals surface area contributed by atoms with Crippen LogP contribution in [0.1, 0.15) is 59.3 Å². The Morgan fingerprint density at radius 2 is 1.79 bits per heavy atom. The van der Waals surface area contributed by atoms with Gasteiger partial charge in [0.15, 0.2) is 0 Å². The van der Waals surface area contributed by atoms with Gasteiger partial charge in [-0.3, -0.25) is 19.2 Å². The lowest BCUT2D eigenvalue weighted by molar-refractivity contribution is -0.153. The van der Waals surface area contributed by atoms with Crippen LogP contribution >= 0.6 is 0 Å². The summed E-state index contributed by atoms with van der Waals surface area (Å²) in [6, 6.07) is -0.455. The number of fused-ring (bicyclic) bond motifs is 3. The molecule has 4 aliphatic rings. The van der Waals surface area contributed by atoms with Gasteiger partial charge in [0.25, 0.3) is 0 Å². The highest BCUT2D eigenvalue weighted by molar-refractivity contribution is 5.91. The van der Waals surface area contributed by atoms with Crippen LogP contribution in [0.15, 0.2) is 0 Å². The molecule has 2 bridgehead atoms. The minimum absolute atomic E-state index is 0.0269. The molecule has 0 spiro atoms. The Hall–Kier alpha value is -1.92. The number of carbonyl (C=O) groups excluding carboxylic acids is 4. The van der Waals surface area contributed by atoms with Crippen molar-refractivity contribution in [3.63, 3.8) is 0 Å². The van der Waals surface area contributed by atoms with Gasteiger partial charge in [-0.1, -0.05) is 27.2 Å². The van der Waals surface area contributed by atoms with Crippen LogP contribution in [0.5, 0.6) is 0 Å². The van der Waals surface area contributed by atoms with Crippen LogP contribution in [0, 0.1) is 29.6 Å². The van der Waals surface area contributed by atoms with Crippen molar-refractivity contribution in [2.24, 2.45) is 29.6 Å². The Bertz CT molecular complexity index is 720. The smallest absolute Gasteiger partial charge is 0.309 e. The molecule has 29 heavy (non-hydrogen) atoms. The number of cyclic esters (lactones) is 1. The largest absolute Gasteiger partial charge is 0.461 e. The molecule has 4 aliphatic heterocycles. The number of nitrogens with zero attached hydrogens (tertiary/aromatic N) is 1. The van der Waals surface area contributed by atoms with Crippen molar-refractivity contribution < 1.29 is 28.7 Å². The lowest BCUT2D eigenvalue weighted by atomic mass is 9.74. The molecule has 1 amide bonds. The average molecular weight is 405 g/mol. The predicted molar refractivity (Wildman–Crippen MR) is 102 cm³/mol. The maximum absolute atomic E-state index is 13.6. The molecule has 0 N–H and O–H groups in total. The van der Waals surface area contributed by atoms with E-state index in [4.69, 9.17) is 9.47 Å². The first-order valence-electron chi connectivity index (χ1n) is 11.1. The Labute approximate surface area is 171 Å². The summed E-state index contributed by atoms with van der Waals surface area (Å²) in [5.74, 6) is -2.32. The molecule has 4 fully saturated rings. The number of Topliss-reactive ketones (excluding diaryl/α,β-unsaturated/α-hetero) is 1. The lowest BCUT2D eigenvalue weighted by Gasteiger charge is -2.36. The van der Waals surface area contributed by atoms with Gasteiger partial charge in [0, 0.05) is 24.8 Å². The summed E-state index contributed by atoms with van der Waals surface area (Å²) in [4.78, 5) is 53.3. The average Bonchev–Trinajstić information content (AvgIpc) is 3.09. The zero-order valence-electron chi connectivity index (χ0n) is 17.5. The third-order valence-electron chi connectivity index (χ3n) is 7.56. The lowest BCUT2D eigenvalue weighted by Crippen LogP contribution is -2.50. The number of hydrogen-bond acceptors (Lipinski definition) is 6. The van der Waals surface area contributed by atoms with E-state index in [0.717, 1.165) is 19.3 Å². The molecular formula is C22H31NO6. The first kappa shape index (κ1) is 20.4. The Balaban J connectivity index is 1.76. The summed E-state index contributed by atoms with van der Waals surface area (Å²) < 4.78 is 11.3. The van der Waals surface area contributed by atoms with Crippen LogP contribution in [-0.4, -0.2) is 53.3 Å². The summed E-state index contributed by atoms with van der Waals surface area (Å²) in [7, 11) is 0. The topological polar surface area (TPSA) is 90.0 Å². The van der Waals surface area contributed by atoms with E-state index in [0.29, 0.717) is 19.4 Å². The summed E-state index contributed by atoms with van der Waals surface area (Å²) >= 11 is 0. The van der Waals surface area contributed by atoms with Crippen LogP contribution in [-0.2, 0) is 28.7 Å². The number of rotatable bonds is 2. The van der Waals surface area contributed by atoms with Crippen LogP contribution in [0.2, 0.25) is 0 Å². The van der Waals surface area contributed by atoms with Gasteiger partial charge in [-0.2, -0.15) is 0 Å². The van der Waals surface area contributed by atoms with Crippen LogP contribution in [0.4, 0.5) is 0 Å². The fourth-order valence-corrected chi connectivity index (χ4v) is 5.91. The van der Waals surface area contributed by atoms with E-state index in [-0.39, 0.29) is 47.8 Å². The molecule has 0 saturated carbocycles. The molecule has 8 unspecified atom stereocenters. The molecule has 0 aromatic carbocycles. The number of esters is 2. The molecule has 4 heterocycles. The minimum Gasteiger partial charge on any atom is -0.461 e. The molecule has 0 aromatic rings. The first-order chi connectivity index (χ1) is 13.8. The fourth-order valence-electron chi connectivity index (χ4n) is 5.91. The SMILES string of the molecule is CCC1C2CCCCN(C2=O)C(C2CC(C)C(=O)O2)CC(=O)C2C(C)C(=O)OC12. The number of amides is 1. The molecule has 8 atom stereocenters. The zero-order valence-corrected chi connectivity index (χ0v) is 17.5. The summed E-state index contributed by atoms with van der Waals surface area (Å²) in [6.45, 7) is 6.15. The highest BCUT2D eigenvalue weighted by Gasteiger charge is 2.55. The van der Waals surface area contributed by atoms with E-state index in [1.165, 1.54) is 0 Å². The molecule has 4 saturated heterocycles. The van der Waals surface area contributed by atoms with Gasteiger partial charge < -0.3 is 14.4 Å². The second-order valence-electron chi connectivity index (χ2n) is 9.27. The summed E-state index contributed by atoms with van der Waals surface area (Å²) in [5, 5.41) is 0. The molecule has 0 aliphatic carbocycles. The Kier molecular flexibility index (Phi) is 5.42. The standard InChI is InChI=1S/C22H31NO6/c1-4-13-14-7-5-6-8-23(20(14)25)15(17-9-11(2)21(26)28-17)10-16(24)18-12(3)22(27)29-19(13)18/h11-15,17-19H,4-10H2,1-3H3. The van der Waals surface area contributed by atoms with Crippen LogP contribution in [0.3, 0.4) is 0 Å². The summed E-state index contributed by atoms with van der Waals surface area (Å²) in [6.07, 6.45) is 2.84. The summed E-state index contributed by atoms with van der Waals surface area (Å²) in [5.41, 5.74) is 0. The maximum Gasteiger partial charge on any atom is 0.309 e. The Morgan fingerprint density at radius 1 is 1.03 bits per heavy atom. The van der Waals surface area contributed by atoms with E-state index in [1.54, 1.807) is 6.92 Å². The second kappa shape index (κ2) is 7.73. The van der Waals surface area contributed by atoms with Crippen molar-refractivity contribution in [3.05, 3.63) is 0 Å². The zero-order chi connectivity index (χ0) is 20.9. The van der Waals surface area contributed by atoms with Crippen molar-refractivity contribution in [2.45, 2.75) is 77.5 Å². The van der Waals surface area contributed by atoms with Gasteiger partial charge in [0.2, 0.25) is 5.91 Å². The maximum atomic E-state index is 13.6.